The van der Waals surface area contributed by atoms with Gasteiger partial charge in [-0.3, -0.25) is 0 Å². The summed E-state index contributed by atoms with van der Waals surface area (Å²) in [6.45, 7) is 19.4. The molecule has 176 valence electrons. The number of hydrogen-bond acceptors (Lipinski definition) is 1. The Kier molecular flexibility index (Phi) is 5.15. The molecule has 5 rings (SSSR count). The first-order valence-electron chi connectivity index (χ1n) is 13.9. The molecule has 5 aliphatic rings. The van der Waals surface area contributed by atoms with Crippen molar-refractivity contribution in [3.05, 3.63) is 12.2 Å². The van der Waals surface area contributed by atoms with Gasteiger partial charge in [0, 0.05) is 0 Å². The molecule has 3 unspecified atom stereocenters. The van der Waals surface area contributed by atoms with Crippen LogP contribution in [-0.2, 0) is 0 Å². The Morgan fingerprint density at radius 1 is 0.935 bits per heavy atom. The van der Waals surface area contributed by atoms with Crippen LogP contribution in [0.3, 0.4) is 0 Å². The molecule has 0 radical (unpaired) electrons. The van der Waals surface area contributed by atoms with Gasteiger partial charge in [-0.15, -0.1) is 0 Å². The zero-order valence-electron chi connectivity index (χ0n) is 21.5. The molecule has 0 aliphatic heterocycles. The number of rotatable bonds is 5. The Morgan fingerprint density at radius 3 is 2.39 bits per heavy atom. The molecular weight excluding hydrogens is 376 g/mol. The van der Waals surface area contributed by atoms with Gasteiger partial charge in [0.05, 0.1) is 6.10 Å². The van der Waals surface area contributed by atoms with Gasteiger partial charge in [-0.2, -0.15) is 0 Å². The van der Waals surface area contributed by atoms with Gasteiger partial charge >= 0.3 is 0 Å². The van der Waals surface area contributed by atoms with Crippen LogP contribution in [0.25, 0.3) is 0 Å². The van der Waals surface area contributed by atoms with E-state index in [0.29, 0.717) is 33.5 Å². The smallest absolute Gasteiger partial charge is 0.0568 e. The molecule has 10 atom stereocenters. The fourth-order valence-electron chi connectivity index (χ4n) is 10.9. The summed E-state index contributed by atoms with van der Waals surface area (Å²) in [6, 6.07) is 0. The van der Waals surface area contributed by atoms with Crippen LogP contribution in [0.2, 0.25) is 0 Å². The molecule has 5 fully saturated rings. The Morgan fingerprint density at radius 2 is 1.68 bits per heavy atom. The first kappa shape index (κ1) is 22.5. The van der Waals surface area contributed by atoms with Crippen molar-refractivity contribution >= 4 is 0 Å². The van der Waals surface area contributed by atoms with Crippen molar-refractivity contribution in [2.45, 2.75) is 118 Å². The highest BCUT2D eigenvalue weighted by atomic mass is 16.3. The van der Waals surface area contributed by atoms with E-state index in [4.69, 9.17) is 0 Å². The fourth-order valence-corrected chi connectivity index (χ4v) is 10.9. The molecule has 5 aliphatic carbocycles. The van der Waals surface area contributed by atoms with Gasteiger partial charge in [0.2, 0.25) is 0 Å². The number of allylic oxidation sites excluding steroid dienone is 1. The van der Waals surface area contributed by atoms with E-state index in [9.17, 15) is 5.11 Å². The van der Waals surface area contributed by atoms with Crippen molar-refractivity contribution in [1.29, 1.82) is 0 Å². The van der Waals surface area contributed by atoms with E-state index in [-0.39, 0.29) is 6.10 Å². The maximum atomic E-state index is 10.6. The molecule has 2 spiro atoms. The van der Waals surface area contributed by atoms with Crippen molar-refractivity contribution in [3.63, 3.8) is 0 Å². The number of hydrogen-bond donors (Lipinski definition) is 1. The quantitative estimate of drug-likeness (QED) is 0.441. The standard InChI is InChI=1S/C30H50O/c1-19(2)20(3)8-9-21(4)23-12-14-28(7)26-11-10-24-22(5)25(31)13-15-29(24)18-30(26,29)17-16-27(23,28)6/h19,21-26,31H,3,8-18H2,1-2,4-7H3/t21?,22?,23-,24+,25?,26+,27-,28+,29-,30+/m1/s1. The lowest BCUT2D eigenvalue weighted by Gasteiger charge is -2.62. The van der Waals surface area contributed by atoms with E-state index < -0.39 is 0 Å². The van der Waals surface area contributed by atoms with Crippen molar-refractivity contribution in [2.24, 2.45) is 57.2 Å². The molecular formula is C30H50O. The van der Waals surface area contributed by atoms with E-state index >= 15 is 0 Å². The second-order valence-corrected chi connectivity index (χ2v) is 14.0. The van der Waals surface area contributed by atoms with Crippen LogP contribution < -0.4 is 0 Å². The first-order valence-corrected chi connectivity index (χ1v) is 13.9. The lowest BCUT2D eigenvalue weighted by molar-refractivity contribution is -0.142. The van der Waals surface area contributed by atoms with Crippen molar-refractivity contribution in [1.82, 2.24) is 0 Å². The van der Waals surface area contributed by atoms with Gasteiger partial charge in [0.15, 0.2) is 0 Å². The molecule has 0 aromatic heterocycles. The number of aliphatic hydroxyl groups is 1. The largest absolute Gasteiger partial charge is 0.393 e. The van der Waals surface area contributed by atoms with E-state index in [1.165, 1.54) is 69.8 Å². The molecule has 0 aromatic rings. The summed E-state index contributed by atoms with van der Waals surface area (Å²) < 4.78 is 0. The van der Waals surface area contributed by atoms with E-state index in [1.54, 1.807) is 0 Å². The second-order valence-electron chi connectivity index (χ2n) is 14.0. The minimum absolute atomic E-state index is 0.0356. The molecule has 31 heavy (non-hydrogen) atoms. The summed E-state index contributed by atoms with van der Waals surface area (Å²) in [7, 11) is 0. The van der Waals surface area contributed by atoms with Crippen molar-refractivity contribution in [3.8, 4) is 0 Å². The molecule has 0 amide bonds. The van der Waals surface area contributed by atoms with Crippen LogP contribution in [0.1, 0.15) is 112 Å². The Hall–Kier alpha value is -0.300. The van der Waals surface area contributed by atoms with Crippen LogP contribution in [0.15, 0.2) is 12.2 Å². The molecule has 0 heterocycles. The van der Waals surface area contributed by atoms with E-state index in [2.05, 4.69) is 48.1 Å². The van der Waals surface area contributed by atoms with Gasteiger partial charge < -0.3 is 5.11 Å². The zero-order chi connectivity index (χ0) is 22.4. The SMILES string of the molecule is C=C(CCC(C)[C@H]1CC[C@@]2(C)[C@@H]3CC[C@H]4C(C)C(O)CC[C@@]45C[C@@]35CC[C@]12C)C(C)C. The van der Waals surface area contributed by atoms with Gasteiger partial charge in [0.25, 0.3) is 0 Å². The maximum Gasteiger partial charge on any atom is 0.0568 e. The highest BCUT2D eigenvalue weighted by Gasteiger charge is 2.81. The minimum Gasteiger partial charge on any atom is -0.393 e. The third-order valence-electron chi connectivity index (χ3n) is 13.1. The summed E-state index contributed by atoms with van der Waals surface area (Å²) >= 11 is 0. The molecule has 1 heteroatoms. The van der Waals surface area contributed by atoms with E-state index in [0.717, 1.165) is 30.1 Å². The third kappa shape index (κ3) is 2.77. The summed E-state index contributed by atoms with van der Waals surface area (Å²) in [5, 5.41) is 10.6. The van der Waals surface area contributed by atoms with Gasteiger partial charge in [-0.25, -0.2) is 0 Å². The van der Waals surface area contributed by atoms with Crippen LogP contribution >= 0.6 is 0 Å². The monoisotopic (exact) mass is 426 g/mol. The molecule has 1 N–H and O–H groups in total. The lowest BCUT2D eigenvalue weighted by atomic mass is 9.43. The van der Waals surface area contributed by atoms with Crippen molar-refractivity contribution < 1.29 is 5.11 Å². The predicted molar refractivity (Wildman–Crippen MR) is 131 cm³/mol. The van der Waals surface area contributed by atoms with Crippen LogP contribution in [0.5, 0.6) is 0 Å². The number of aliphatic hydroxyl groups excluding tert-OH is 1. The Labute approximate surface area is 192 Å². The van der Waals surface area contributed by atoms with Crippen LogP contribution in [-0.4, -0.2) is 11.2 Å². The molecule has 0 saturated heterocycles. The minimum atomic E-state index is -0.0356. The summed E-state index contributed by atoms with van der Waals surface area (Å²) in [5.74, 6) is 4.63. The normalized spacial score (nSPS) is 53.9. The Balaban J connectivity index is 1.37. The molecule has 1 nitrogen and oxygen atoms in total. The topological polar surface area (TPSA) is 20.2 Å². The highest BCUT2D eigenvalue weighted by molar-refractivity contribution is 5.29. The van der Waals surface area contributed by atoms with Gasteiger partial charge in [0.1, 0.15) is 0 Å². The molecule has 0 aromatic carbocycles. The summed E-state index contributed by atoms with van der Waals surface area (Å²) in [4.78, 5) is 0. The summed E-state index contributed by atoms with van der Waals surface area (Å²) in [5.41, 5.74) is 3.76. The highest BCUT2D eigenvalue weighted by Crippen LogP contribution is 2.88. The third-order valence-corrected chi connectivity index (χ3v) is 13.1. The van der Waals surface area contributed by atoms with E-state index in [1.807, 2.05) is 0 Å². The summed E-state index contributed by atoms with van der Waals surface area (Å²) in [6.07, 6.45) is 15.1. The van der Waals surface area contributed by atoms with Crippen LogP contribution in [0, 0.1) is 57.2 Å². The zero-order valence-corrected chi connectivity index (χ0v) is 21.5. The lowest BCUT2D eigenvalue weighted by Crippen LogP contribution is -2.55. The van der Waals surface area contributed by atoms with Gasteiger partial charge in [-0.05, 0) is 128 Å². The molecule has 0 bridgehead atoms. The maximum absolute atomic E-state index is 10.6. The fraction of sp³-hybridized carbons (Fsp3) is 0.933. The average molecular weight is 427 g/mol. The van der Waals surface area contributed by atoms with Crippen LogP contribution in [0.4, 0.5) is 0 Å². The second kappa shape index (κ2) is 7.10. The average Bonchev–Trinajstić information content (AvgIpc) is 3.31. The first-order chi connectivity index (χ1) is 14.5. The Bertz CT molecular complexity index is 739. The van der Waals surface area contributed by atoms with Gasteiger partial charge in [-0.1, -0.05) is 53.7 Å². The molecule has 5 saturated carbocycles. The van der Waals surface area contributed by atoms with Crippen molar-refractivity contribution in [2.75, 3.05) is 0 Å². The number of fused-ring (bicyclic) bond motifs is 2. The predicted octanol–water partition coefficient (Wildman–Crippen LogP) is 8.02.